The fourth-order valence-electron chi connectivity index (χ4n) is 3.70. The average Bonchev–Trinajstić information content (AvgIpc) is 2.32. The summed E-state index contributed by atoms with van der Waals surface area (Å²) < 4.78 is 12.7. The van der Waals surface area contributed by atoms with Gasteiger partial charge in [-0.25, -0.2) is 0 Å². The smallest absolute Gasteiger partial charge is 0.0865 e. The van der Waals surface area contributed by atoms with Gasteiger partial charge in [0.25, 0.3) is 0 Å². The van der Waals surface area contributed by atoms with E-state index in [4.69, 9.17) is 0 Å². The highest BCUT2D eigenvalue weighted by Crippen LogP contribution is 2.59. The van der Waals surface area contributed by atoms with E-state index in [-0.39, 0.29) is 0 Å². The maximum absolute atomic E-state index is 12.7. The normalized spacial score (nSPS) is 37.4. The Hall–Kier alpha value is -0.550. The highest BCUT2D eigenvalue weighted by Gasteiger charge is 2.38. The lowest BCUT2D eigenvalue weighted by Crippen LogP contribution is -2.24. The van der Waals surface area contributed by atoms with E-state index in [1.807, 2.05) is 0 Å². The number of benzene rings is 1. The minimum atomic E-state index is -1.43. The molecule has 0 spiro atoms. The summed E-state index contributed by atoms with van der Waals surface area (Å²) in [6.45, 7) is 0. The van der Waals surface area contributed by atoms with E-state index >= 15 is 0 Å². The third kappa shape index (κ3) is 2.22. The minimum Gasteiger partial charge on any atom is -0.326 e. The lowest BCUT2D eigenvalue weighted by Gasteiger charge is -2.38. The Kier molecular flexibility index (Phi) is 3.38. The second kappa shape index (κ2) is 4.98. The summed E-state index contributed by atoms with van der Waals surface area (Å²) in [5, 5.41) is 0. The van der Waals surface area contributed by atoms with Gasteiger partial charge in [-0.1, -0.05) is 43.2 Å². The van der Waals surface area contributed by atoms with Crippen LogP contribution in [0.5, 0.6) is 0 Å². The van der Waals surface area contributed by atoms with Gasteiger partial charge in [-0.05, 0) is 37.2 Å². The van der Waals surface area contributed by atoms with Crippen LogP contribution in [0.1, 0.15) is 49.7 Å². The molecule has 2 saturated heterocycles. The minimum absolute atomic E-state index is 0.389. The summed E-state index contributed by atoms with van der Waals surface area (Å²) in [7, 11) is -1.43. The van der Waals surface area contributed by atoms with Crippen molar-refractivity contribution in [3.05, 3.63) is 35.9 Å². The van der Waals surface area contributed by atoms with Gasteiger partial charge in [0.15, 0.2) is 0 Å². The molecule has 0 aromatic heterocycles. The van der Waals surface area contributed by atoms with Crippen LogP contribution in [-0.2, 0) is 4.57 Å². The van der Waals surface area contributed by atoms with Gasteiger partial charge in [-0.15, -0.1) is 0 Å². The first-order valence-electron chi connectivity index (χ1n) is 6.95. The van der Waals surface area contributed by atoms with Crippen molar-refractivity contribution in [1.29, 1.82) is 0 Å². The molecule has 2 aliphatic heterocycles. The topological polar surface area (TPSA) is 17.1 Å². The SMILES string of the molecule is O=[PH]1C2CCCCC(CC2)C1c1ccccc1. The van der Waals surface area contributed by atoms with Gasteiger partial charge >= 0.3 is 0 Å². The lowest BCUT2D eigenvalue weighted by atomic mass is 9.85. The van der Waals surface area contributed by atoms with Crippen molar-refractivity contribution in [2.75, 3.05) is 0 Å². The van der Waals surface area contributed by atoms with E-state index in [9.17, 15) is 4.57 Å². The van der Waals surface area contributed by atoms with Gasteiger partial charge in [0, 0.05) is 11.3 Å². The molecule has 1 aliphatic carbocycles. The number of hydrogen-bond donors (Lipinski definition) is 0. The van der Waals surface area contributed by atoms with Gasteiger partial charge in [0.1, 0.15) is 0 Å². The Labute approximate surface area is 104 Å². The van der Waals surface area contributed by atoms with Crippen LogP contribution in [0.15, 0.2) is 30.3 Å². The third-order valence-electron chi connectivity index (χ3n) is 4.60. The molecule has 92 valence electrons. The Morgan fingerprint density at radius 1 is 0.941 bits per heavy atom. The van der Waals surface area contributed by atoms with Gasteiger partial charge in [0.05, 0.1) is 7.80 Å². The summed E-state index contributed by atoms with van der Waals surface area (Å²) in [6.07, 6.45) is 7.70. The monoisotopic (exact) mass is 248 g/mol. The molecule has 4 rings (SSSR count). The standard InChI is InChI=1S/C15H21OP/c16-17-14-9-5-4-8-13(10-11-14)15(17)12-6-2-1-3-7-12/h1-3,6-7,13-15,17H,4-5,8-11H2. The van der Waals surface area contributed by atoms with E-state index in [2.05, 4.69) is 30.3 Å². The molecule has 2 heterocycles. The highest BCUT2D eigenvalue weighted by molar-refractivity contribution is 7.46. The van der Waals surface area contributed by atoms with Crippen molar-refractivity contribution in [2.45, 2.75) is 49.8 Å². The van der Waals surface area contributed by atoms with Crippen LogP contribution in [0.2, 0.25) is 0 Å². The van der Waals surface area contributed by atoms with Crippen LogP contribution in [0.3, 0.4) is 0 Å². The van der Waals surface area contributed by atoms with Crippen molar-refractivity contribution in [1.82, 2.24) is 0 Å². The van der Waals surface area contributed by atoms with E-state index in [1.165, 1.54) is 44.1 Å². The molecule has 17 heavy (non-hydrogen) atoms. The summed E-state index contributed by atoms with van der Waals surface area (Å²) >= 11 is 0. The second-order valence-corrected chi connectivity index (χ2v) is 7.85. The molecule has 0 N–H and O–H groups in total. The number of fused-ring (bicyclic) bond motifs is 5. The molecule has 1 aromatic rings. The summed E-state index contributed by atoms with van der Waals surface area (Å²) in [6, 6.07) is 10.6. The zero-order valence-electron chi connectivity index (χ0n) is 10.3. The van der Waals surface area contributed by atoms with Gasteiger partial charge < -0.3 is 4.57 Å². The second-order valence-electron chi connectivity index (χ2n) is 5.61. The summed E-state index contributed by atoms with van der Waals surface area (Å²) in [4.78, 5) is 0. The van der Waals surface area contributed by atoms with Gasteiger partial charge in [-0.2, -0.15) is 0 Å². The lowest BCUT2D eigenvalue weighted by molar-refractivity contribution is 0.337. The number of rotatable bonds is 1. The Balaban J connectivity index is 1.94. The molecule has 3 aliphatic rings. The molecule has 0 amide bonds. The first kappa shape index (κ1) is 11.5. The van der Waals surface area contributed by atoms with E-state index in [0.717, 1.165) is 0 Å². The van der Waals surface area contributed by atoms with Crippen molar-refractivity contribution in [2.24, 2.45) is 5.92 Å². The zero-order valence-corrected chi connectivity index (χ0v) is 11.3. The third-order valence-corrected chi connectivity index (χ3v) is 7.40. The zero-order chi connectivity index (χ0) is 11.7. The van der Waals surface area contributed by atoms with Gasteiger partial charge in [-0.3, -0.25) is 0 Å². The number of hydrogen-bond acceptors (Lipinski definition) is 1. The molecule has 1 saturated carbocycles. The average molecular weight is 248 g/mol. The Bertz CT molecular complexity index is 397. The van der Waals surface area contributed by atoms with Crippen molar-refractivity contribution >= 4 is 7.80 Å². The molecule has 4 atom stereocenters. The Morgan fingerprint density at radius 2 is 1.71 bits per heavy atom. The van der Waals surface area contributed by atoms with Crippen LogP contribution in [-0.4, -0.2) is 5.66 Å². The maximum Gasteiger partial charge on any atom is 0.0865 e. The molecular formula is C15H21OP. The van der Waals surface area contributed by atoms with E-state index < -0.39 is 7.80 Å². The predicted octanol–water partition coefficient (Wildman–Crippen LogP) is 4.64. The van der Waals surface area contributed by atoms with Crippen molar-refractivity contribution < 1.29 is 4.57 Å². The van der Waals surface area contributed by atoms with Crippen LogP contribution < -0.4 is 0 Å². The van der Waals surface area contributed by atoms with Crippen LogP contribution in [0, 0.1) is 5.92 Å². The molecule has 3 fully saturated rings. The molecule has 1 aromatic carbocycles. The van der Waals surface area contributed by atoms with Gasteiger partial charge in [0.2, 0.25) is 0 Å². The summed E-state index contributed by atoms with van der Waals surface area (Å²) in [5.41, 5.74) is 2.27. The van der Waals surface area contributed by atoms with Crippen molar-refractivity contribution in [3.63, 3.8) is 0 Å². The predicted molar refractivity (Wildman–Crippen MR) is 73.2 cm³/mol. The Morgan fingerprint density at radius 3 is 2.53 bits per heavy atom. The highest BCUT2D eigenvalue weighted by atomic mass is 31.1. The fourth-order valence-corrected chi connectivity index (χ4v) is 6.47. The molecule has 2 heteroatoms. The molecular weight excluding hydrogens is 227 g/mol. The summed E-state index contributed by atoms with van der Waals surface area (Å²) in [5.74, 6) is 0.695. The van der Waals surface area contributed by atoms with E-state index in [1.54, 1.807) is 0 Å². The molecule has 1 nitrogen and oxygen atoms in total. The van der Waals surface area contributed by atoms with Crippen LogP contribution >= 0.6 is 7.80 Å². The van der Waals surface area contributed by atoms with Crippen LogP contribution in [0.4, 0.5) is 0 Å². The van der Waals surface area contributed by atoms with Crippen LogP contribution in [0.25, 0.3) is 0 Å². The van der Waals surface area contributed by atoms with Crippen molar-refractivity contribution in [3.8, 4) is 0 Å². The molecule has 0 radical (unpaired) electrons. The maximum atomic E-state index is 12.7. The molecule has 2 bridgehead atoms. The first-order valence-corrected chi connectivity index (χ1v) is 8.51. The quantitative estimate of drug-likeness (QED) is 0.662. The van der Waals surface area contributed by atoms with E-state index in [0.29, 0.717) is 17.2 Å². The molecule has 4 unspecified atom stereocenters. The first-order chi connectivity index (χ1) is 8.36. The fraction of sp³-hybridized carbons (Fsp3) is 0.600. The largest absolute Gasteiger partial charge is 0.326 e.